The van der Waals surface area contributed by atoms with Gasteiger partial charge in [0.2, 0.25) is 10.0 Å². The van der Waals surface area contributed by atoms with Gasteiger partial charge in [-0.15, -0.1) is 0 Å². The van der Waals surface area contributed by atoms with Crippen molar-refractivity contribution in [3.63, 3.8) is 0 Å². The van der Waals surface area contributed by atoms with Gasteiger partial charge in [0.25, 0.3) is 0 Å². The number of rotatable bonds is 2. The highest BCUT2D eigenvalue weighted by Crippen LogP contribution is 2.28. The first-order valence-electron chi connectivity index (χ1n) is 6.49. The van der Waals surface area contributed by atoms with E-state index >= 15 is 0 Å². The summed E-state index contributed by atoms with van der Waals surface area (Å²) in [6.07, 6.45) is 0. The number of nitrogens with zero attached hydrogens (tertiary/aromatic N) is 2. The molecule has 2 N–H and O–H groups in total. The van der Waals surface area contributed by atoms with Gasteiger partial charge in [0.1, 0.15) is 0 Å². The zero-order chi connectivity index (χ0) is 15.1. The molecule has 0 spiro atoms. The lowest BCUT2D eigenvalue weighted by molar-refractivity contribution is 0.159. The van der Waals surface area contributed by atoms with Gasteiger partial charge < -0.3 is 10.6 Å². The second-order valence-corrected chi connectivity index (χ2v) is 7.66. The monoisotopic (exact) mass is 317 g/mol. The highest BCUT2D eigenvalue weighted by atomic mass is 35.5. The van der Waals surface area contributed by atoms with Crippen molar-refractivity contribution < 1.29 is 8.42 Å². The summed E-state index contributed by atoms with van der Waals surface area (Å²) in [7, 11) is -1.54. The van der Waals surface area contributed by atoms with Gasteiger partial charge in [-0.1, -0.05) is 11.6 Å². The quantitative estimate of drug-likeness (QED) is 0.841. The summed E-state index contributed by atoms with van der Waals surface area (Å²) >= 11 is 6.04. The predicted octanol–water partition coefficient (Wildman–Crippen LogP) is 1.56. The molecule has 1 heterocycles. The third kappa shape index (κ3) is 2.79. The summed E-state index contributed by atoms with van der Waals surface area (Å²) in [4.78, 5) is 2.31. The Balaban J connectivity index is 2.36. The smallest absolute Gasteiger partial charge is 0.243 e. The molecule has 0 radical (unpaired) electrons. The Morgan fingerprint density at radius 3 is 2.55 bits per heavy atom. The number of hydrogen-bond acceptors (Lipinski definition) is 4. The van der Waals surface area contributed by atoms with Gasteiger partial charge >= 0.3 is 0 Å². The average Bonchev–Trinajstić information content (AvgIpc) is 2.38. The zero-order valence-electron chi connectivity index (χ0n) is 11.9. The van der Waals surface area contributed by atoms with Crippen LogP contribution in [0.1, 0.15) is 12.5 Å². The van der Waals surface area contributed by atoms with Crippen LogP contribution in [0.25, 0.3) is 0 Å². The SMILES string of the molecule is Cc1c(N)cc(S(=O)(=O)N2CCN(C)C(C)C2)cc1Cl. The number of piperazine rings is 1. The Morgan fingerprint density at radius 2 is 2.00 bits per heavy atom. The number of hydrogen-bond donors (Lipinski definition) is 1. The molecule has 1 unspecified atom stereocenters. The minimum Gasteiger partial charge on any atom is -0.398 e. The molecule has 1 aliphatic heterocycles. The summed E-state index contributed by atoms with van der Waals surface area (Å²) in [6.45, 7) is 5.46. The summed E-state index contributed by atoms with van der Waals surface area (Å²) in [6, 6.07) is 3.15. The fourth-order valence-corrected chi connectivity index (χ4v) is 4.07. The molecule has 7 heteroatoms. The summed E-state index contributed by atoms with van der Waals surface area (Å²) in [5.41, 5.74) is 6.93. The molecule has 5 nitrogen and oxygen atoms in total. The first-order valence-corrected chi connectivity index (χ1v) is 8.31. The van der Waals surface area contributed by atoms with E-state index in [-0.39, 0.29) is 10.9 Å². The van der Waals surface area contributed by atoms with Crippen LogP contribution in [0.3, 0.4) is 0 Å². The summed E-state index contributed by atoms with van der Waals surface area (Å²) in [5, 5.41) is 0.380. The maximum atomic E-state index is 12.6. The fraction of sp³-hybridized carbons (Fsp3) is 0.538. The summed E-state index contributed by atoms with van der Waals surface area (Å²) in [5.74, 6) is 0. The molecule has 1 atom stereocenters. The second kappa shape index (κ2) is 5.52. The van der Waals surface area contributed by atoms with E-state index < -0.39 is 10.0 Å². The van der Waals surface area contributed by atoms with E-state index in [9.17, 15) is 8.42 Å². The zero-order valence-corrected chi connectivity index (χ0v) is 13.5. The van der Waals surface area contributed by atoms with Crippen LogP contribution in [0.2, 0.25) is 5.02 Å². The molecule has 0 amide bonds. The first-order chi connectivity index (χ1) is 9.23. The number of anilines is 1. The van der Waals surface area contributed by atoms with Crippen LogP contribution in [-0.2, 0) is 10.0 Å². The molecule has 1 aliphatic rings. The minimum absolute atomic E-state index is 0.169. The Bertz CT molecular complexity index is 595. The van der Waals surface area contributed by atoms with Crippen molar-refractivity contribution >= 4 is 27.3 Å². The maximum absolute atomic E-state index is 12.6. The number of nitrogen functional groups attached to an aromatic ring is 1. The number of nitrogens with two attached hydrogens (primary N) is 1. The summed E-state index contributed by atoms with van der Waals surface area (Å²) < 4.78 is 26.8. The lowest BCUT2D eigenvalue weighted by atomic mass is 10.2. The van der Waals surface area contributed by atoms with E-state index in [0.29, 0.717) is 29.4 Å². The third-order valence-electron chi connectivity index (χ3n) is 3.92. The highest BCUT2D eigenvalue weighted by molar-refractivity contribution is 7.89. The molecule has 20 heavy (non-hydrogen) atoms. The Labute approximate surface area is 125 Å². The lowest BCUT2D eigenvalue weighted by Crippen LogP contribution is -2.51. The van der Waals surface area contributed by atoms with Crippen LogP contribution in [-0.4, -0.2) is 50.3 Å². The molecular formula is C13H20ClN3O2S. The van der Waals surface area contributed by atoms with Gasteiger partial charge in [0.05, 0.1) is 4.90 Å². The van der Waals surface area contributed by atoms with Gasteiger partial charge in [-0.25, -0.2) is 8.42 Å². The van der Waals surface area contributed by atoms with E-state index in [2.05, 4.69) is 4.90 Å². The average molecular weight is 318 g/mol. The number of benzene rings is 1. The van der Waals surface area contributed by atoms with Crippen molar-refractivity contribution in [2.75, 3.05) is 32.4 Å². The molecule has 112 valence electrons. The molecule has 1 aromatic carbocycles. The third-order valence-corrected chi connectivity index (χ3v) is 6.15. The second-order valence-electron chi connectivity index (χ2n) is 5.31. The van der Waals surface area contributed by atoms with Crippen molar-refractivity contribution in [3.05, 3.63) is 22.7 Å². The van der Waals surface area contributed by atoms with Crippen molar-refractivity contribution in [1.29, 1.82) is 0 Å². The van der Waals surface area contributed by atoms with Crippen LogP contribution in [0.15, 0.2) is 17.0 Å². The van der Waals surface area contributed by atoms with E-state index in [1.54, 1.807) is 6.92 Å². The normalized spacial score (nSPS) is 22.1. The van der Waals surface area contributed by atoms with Crippen molar-refractivity contribution in [2.45, 2.75) is 24.8 Å². The van der Waals surface area contributed by atoms with E-state index in [1.807, 2.05) is 14.0 Å². The standard InChI is InChI=1S/C13H20ClN3O2S/c1-9-8-17(5-4-16(9)3)20(18,19)11-6-12(14)10(2)13(15)7-11/h6-7,9H,4-5,8,15H2,1-3H3. The van der Waals surface area contributed by atoms with E-state index in [0.717, 1.165) is 6.54 Å². The maximum Gasteiger partial charge on any atom is 0.243 e. The van der Waals surface area contributed by atoms with Gasteiger partial charge in [-0.2, -0.15) is 4.31 Å². The molecule has 1 fully saturated rings. The van der Waals surface area contributed by atoms with Crippen LogP contribution >= 0.6 is 11.6 Å². The van der Waals surface area contributed by atoms with E-state index in [4.69, 9.17) is 17.3 Å². The predicted molar refractivity (Wildman–Crippen MR) is 81.5 cm³/mol. The van der Waals surface area contributed by atoms with Crippen molar-refractivity contribution in [1.82, 2.24) is 9.21 Å². The Morgan fingerprint density at radius 1 is 1.35 bits per heavy atom. The molecule has 2 rings (SSSR count). The molecule has 1 saturated heterocycles. The van der Waals surface area contributed by atoms with Crippen molar-refractivity contribution in [2.24, 2.45) is 0 Å². The van der Waals surface area contributed by atoms with Crippen LogP contribution in [0.4, 0.5) is 5.69 Å². The molecule has 0 saturated carbocycles. The van der Waals surface area contributed by atoms with E-state index in [1.165, 1.54) is 16.4 Å². The van der Waals surface area contributed by atoms with Gasteiger partial charge in [0.15, 0.2) is 0 Å². The molecule has 0 bridgehead atoms. The Hall–Kier alpha value is -0.820. The lowest BCUT2D eigenvalue weighted by Gasteiger charge is -2.36. The number of sulfonamides is 1. The van der Waals surface area contributed by atoms with Gasteiger partial charge in [0, 0.05) is 36.4 Å². The van der Waals surface area contributed by atoms with Gasteiger partial charge in [-0.05, 0) is 38.6 Å². The number of likely N-dealkylation sites (N-methyl/N-ethyl adjacent to an activating group) is 1. The fourth-order valence-electron chi connectivity index (χ4n) is 2.21. The van der Waals surface area contributed by atoms with Crippen LogP contribution in [0.5, 0.6) is 0 Å². The topological polar surface area (TPSA) is 66.6 Å². The molecule has 0 aromatic heterocycles. The molecular weight excluding hydrogens is 298 g/mol. The molecule has 1 aromatic rings. The van der Waals surface area contributed by atoms with Crippen molar-refractivity contribution in [3.8, 4) is 0 Å². The minimum atomic E-state index is -3.54. The first kappa shape index (κ1) is 15.6. The van der Waals surface area contributed by atoms with Crippen LogP contribution < -0.4 is 5.73 Å². The highest BCUT2D eigenvalue weighted by Gasteiger charge is 2.31. The largest absolute Gasteiger partial charge is 0.398 e. The van der Waals surface area contributed by atoms with Gasteiger partial charge in [-0.3, -0.25) is 0 Å². The molecule has 0 aliphatic carbocycles. The number of halogens is 1. The van der Waals surface area contributed by atoms with Crippen LogP contribution in [0, 0.1) is 6.92 Å². The Kier molecular flexibility index (Phi) is 4.30.